The van der Waals surface area contributed by atoms with Crippen LogP contribution in [0.2, 0.25) is 0 Å². The van der Waals surface area contributed by atoms with Crippen molar-refractivity contribution in [2.75, 3.05) is 61.6 Å². The third-order valence-corrected chi connectivity index (χ3v) is 24.4. The molecule has 4 fully saturated rings. The molecular formula is C74H96IN6O25S3+. The summed E-state index contributed by atoms with van der Waals surface area (Å²) >= 11 is 2.77. The first-order valence-electron chi connectivity index (χ1n) is 34.9. The highest BCUT2D eigenvalue weighted by molar-refractivity contribution is 14.1. The van der Waals surface area contributed by atoms with Crippen molar-refractivity contribution in [2.24, 2.45) is 5.11 Å². The molecule has 8 rings (SSSR count). The van der Waals surface area contributed by atoms with Gasteiger partial charge in [-0.05, 0) is 113 Å². The van der Waals surface area contributed by atoms with E-state index in [2.05, 4.69) is 56.3 Å². The highest BCUT2D eigenvalue weighted by atomic mass is 127. The van der Waals surface area contributed by atoms with Crippen molar-refractivity contribution >= 4 is 96.4 Å². The van der Waals surface area contributed by atoms with Crippen LogP contribution in [0.3, 0.4) is 0 Å². The molecule has 2 aromatic rings. The molecule has 0 spiro atoms. The summed E-state index contributed by atoms with van der Waals surface area (Å²) in [5, 5.41) is 66.8. The number of carbonyl (C=O) groups excluding carboxylic acids is 6. The average Bonchev–Trinajstić information content (AvgIpc) is 0.754. The lowest BCUT2D eigenvalue weighted by atomic mass is 9.75. The molecule has 2 bridgehead atoms. The maximum absolute atomic E-state index is 14.6. The number of hydrogen-bond acceptors (Lipinski definition) is 29. The van der Waals surface area contributed by atoms with Gasteiger partial charge in [-0.1, -0.05) is 69.7 Å². The second kappa shape index (κ2) is 40.3. The molecule has 6 aliphatic rings. The predicted octanol–water partition coefficient (Wildman–Crippen LogP) is 5.07. The van der Waals surface area contributed by atoms with Crippen LogP contribution in [0.1, 0.15) is 108 Å². The fourth-order valence-corrected chi connectivity index (χ4v) is 17.0. The van der Waals surface area contributed by atoms with Crippen LogP contribution in [0, 0.1) is 34.2 Å². The van der Waals surface area contributed by atoms with Crippen molar-refractivity contribution in [3.8, 4) is 46.7 Å². The molecule has 0 radical (unpaired) electrons. The molecule has 0 saturated carbocycles. The van der Waals surface area contributed by atoms with Gasteiger partial charge in [-0.3, -0.25) is 34.1 Å². The van der Waals surface area contributed by atoms with Crippen LogP contribution in [-0.4, -0.2) is 257 Å². The number of halogens is 1. The van der Waals surface area contributed by atoms with Gasteiger partial charge in [0.2, 0.25) is 29.0 Å². The number of carbonyl (C=O) groups is 6. The van der Waals surface area contributed by atoms with Crippen molar-refractivity contribution in [1.29, 1.82) is 0 Å². The number of nitrogens with one attached hydrogen (secondary N) is 3. The second-order valence-corrected chi connectivity index (χ2v) is 32.0. The van der Waals surface area contributed by atoms with Crippen LogP contribution in [-0.2, 0) is 66.6 Å². The first-order valence-corrected chi connectivity index (χ1v) is 39.2. The number of Topliss-reactive ketones (excluding diaryl/α,β-unsaturated/α-hetero) is 1. The zero-order chi connectivity index (χ0) is 79.8. The average molecular weight is 1690 g/mol. The third kappa shape index (κ3) is 22.0. The topological polar surface area (TPSA) is 399 Å². The van der Waals surface area contributed by atoms with Crippen molar-refractivity contribution in [3.63, 3.8) is 0 Å². The quantitative estimate of drug-likeness (QED) is 0.00739. The van der Waals surface area contributed by atoms with Crippen LogP contribution in [0.5, 0.6) is 23.0 Å². The Labute approximate surface area is 658 Å². The maximum Gasteiger partial charge on any atom is 0.411 e. The SMILES string of the molecule is C=CN(C(C)=O)C1COC(OC2C(O[C@H]3C#C/C=C\C#CC4(O)CC(=O)C(NC(=O)OC)=C3/C4=C\CSSC(C)(C)CC(=O)N=[N+]=C(C)c3ccc(OCCCC(=O)NC)cc3)OC(C)C(NOC3CC(O)C(SC(=O)c4c(C)c(I)c(OC5OC(C)C(O)C(OC)C5O)c(OC)c4OC)C(C)O3)C2O)CC1OC. The number of allylic oxidation sites excluding steroid dienone is 3. The number of rotatable bonds is 30. The Morgan fingerprint density at radius 3 is 2.24 bits per heavy atom. The number of amides is 4. The summed E-state index contributed by atoms with van der Waals surface area (Å²) < 4.78 is 78.1. The van der Waals surface area contributed by atoms with Crippen LogP contribution < -0.4 is 35.1 Å². The fraction of sp³-hybridized carbons (Fsp3) is 0.581. The fourth-order valence-electron chi connectivity index (χ4n) is 12.9. The van der Waals surface area contributed by atoms with Crippen LogP contribution in [0.25, 0.3) is 0 Å². The monoisotopic (exact) mass is 1690 g/mol. The molecule has 35 heteroatoms. The van der Waals surface area contributed by atoms with E-state index >= 15 is 0 Å². The number of thioether (sulfide) groups is 1. The van der Waals surface area contributed by atoms with E-state index in [1.807, 2.05) is 36.4 Å². The molecule has 4 aliphatic heterocycles. The van der Waals surface area contributed by atoms with Gasteiger partial charge in [0.1, 0.15) is 42.4 Å². The summed E-state index contributed by atoms with van der Waals surface area (Å²) in [6.07, 6.45) is -14.0. The van der Waals surface area contributed by atoms with E-state index in [-0.39, 0.29) is 83.1 Å². The number of methoxy groups -OCH3 is 5. The molecule has 18 unspecified atom stereocenters. The number of ketones is 1. The number of aliphatic hydroxyl groups is 5. The van der Waals surface area contributed by atoms with Gasteiger partial charge >= 0.3 is 17.7 Å². The van der Waals surface area contributed by atoms with Crippen LogP contribution in [0.15, 0.2) is 77.2 Å². The molecule has 19 atom stereocenters. The lowest BCUT2D eigenvalue weighted by Crippen LogP contribution is -2.65. The van der Waals surface area contributed by atoms with Gasteiger partial charge in [-0.2, -0.15) is 5.48 Å². The molecule has 4 saturated heterocycles. The lowest BCUT2D eigenvalue weighted by molar-refractivity contribution is -0.337. The summed E-state index contributed by atoms with van der Waals surface area (Å²) in [7, 11) is 10.8. The number of nitrogens with zero attached hydrogens (tertiary/aromatic N) is 3. The number of benzene rings is 2. The Morgan fingerprint density at radius 2 is 1.59 bits per heavy atom. The third-order valence-electron chi connectivity index (χ3n) is 18.6. The van der Waals surface area contributed by atoms with E-state index in [4.69, 9.17) is 66.4 Å². The van der Waals surface area contributed by atoms with Crippen molar-refractivity contribution in [1.82, 2.24) is 21.0 Å². The Balaban J connectivity index is 1.02. The molecular weight excluding hydrogens is 1600 g/mol. The van der Waals surface area contributed by atoms with E-state index in [0.717, 1.165) is 18.9 Å². The second-order valence-electron chi connectivity index (χ2n) is 26.7. The number of alkyl carbamates (subject to hydrolysis) is 1. The highest BCUT2D eigenvalue weighted by Crippen LogP contribution is 2.50. The van der Waals surface area contributed by atoms with E-state index in [1.165, 1.54) is 80.2 Å². The first-order chi connectivity index (χ1) is 51.9. The predicted molar refractivity (Wildman–Crippen MR) is 407 cm³/mol. The zero-order valence-electron chi connectivity index (χ0n) is 62.9. The van der Waals surface area contributed by atoms with Gasteiger partial charge < -0.3 is 97.3 Å². The van der Waals surface area contributed by atoms with E-state index in [9.17, 15) is 54.3 Å². The van der Waals surface area contributed by atoms with Crippen molar-refractivity contribution in [2.45, 2.75) is 214 Å². The summed E-state index contributed by atoms with van der Waals surface area (Å²) in [6, 6.07) is 5.23. The molecule has 4 heterocycles. The van der Waals surface area contributed by atoms with Gasteiger partial charge in [0.25, 0.3) is 0 Å². The lowest BCUT2D eigenvalue weighted by Gasteiger charge is -2.47. The Bertz CT molecular complexity index is 3920. The molecule has 8 N–H and O–H groups in total. The van der Waals surface area contributed by atoms with E-state index in [0.29, 0.717) is 45.6 Å². The normalized spacial score (nSPS) is 30.2. The molecule has 2 aliphatic carbocycles. The molecule has 596 valence electrons. The molecule has 0 aromatic heterocycles. The summed E-state index contributed by atoms with van der Waals surface area (Å²) in [6.45, 7) is 17.3. The molecule has 2 aromatic carbocycles. The van der Waals surface area contributed by atoms with Crippen molar-refractivity contribution in [3.05, 3.63) is 92.4 Å². The summed E-state index contributed by atoms with van der Waals surface area (Å²) in [5.41, 5.74) is 1.82. The van der Waals surface area contributed by atoms with Crippen LogP contribution in [0.4, 0.5) is 4.79 Å². The van der Waals surface area contributed by atoms with Gasteiger partial charge in [0.05, 0.1) is 120 Å². The van der Waals surface area contributed by atoms with Gasteiger partial charge in [0, 0.05) is 82.2 Å². The summed E-state index contributed by atoms with van der Waals surface area (Å²) in [5.74, 6) is 10.5. The van der Waals surface area contributed by atoms with Gasteiger partial charge in [-0.25, -0.2) is 4.79 Å². The number of fused-ring (bicyclic) bond motifs is 2. The zero-order valence-corrected chi connectivity index (χ0v) is 67.5. The van der Waals surface area contributed by atoms with E-state index in [1.54, 1.807) is 72.0 Å². The minimum Gasteiger partial charge on any atom is -0.494 e. The highest BCUT2D eigenvalue weighted by Gasteiger charge is 2.53. The van der Waals surface area contributed by atoms with Crippen molar-refractivity contribution < 1.29 is 126 Å². The minimum absolute atomic E-state index is 0.00368. The Hall–Kier alpha value is -6.50. The maximum atomic E-state index is 14.6. The Morgan fingerprint density at radius 1 is 0.881 bits per heavy atom. The molecule has 4 amide bonds. The largest absolute Gasteiger partial charge is 0.494 e. The standard InChI is InChI=1S/C74H95IN6O25S3/c1-16-81(42(7)82)46-36-99-53(33-50(46)93-11)104-66-61(88)58(80-106-54-32-47(83)68(41(6)100-54)108-69(90)55-37(2)57(75)64(67(96-14)63(55)94-12)105-70-62(89)65(95-13)60(87)40(5)102-70)39(4)101-71(66)103-49-22-19-17-18-20-29-74(92)34-48(84)59(77-72(91)97-15)56(49)45(74)28-31-107-109-73(8,9)35-52(86)79-78-38(3)43-24-26-44(27-25-43)98-30-21-23-51(85)76-10/h16-18,24-28,39-41,46-47,49-50,53-54,58,60-62,65-66,68,70-71,80,83,87-89,92H,1,21,23,30-36H2,2-15H3,(H-,76,77,85,91)/p+1/b18-17-,45-28+/t39?,40?,41?,46?,47?,49-,50?,53?,54?,58?,60?,61?,62?,65?,66?,68?,70?,71?,74?/m0/s1. The number of hydroxylamine groups is 1. The van der Waals surface area contributed by atoms with Gasteiger partial charge in [-0.15, -0.1) is 0 Å². The number of ether oxygens (including phenoxy) is 13. The molecule has 31 nitrogen and oxygen atoms in total. The van der Waals surface area contributed by atoms with Gasteiger partial charge in [0.15, 0.2) is 46.9 Å². The van der Waals surface area contributed by atoms with Crippen LogP contribution >= 0.6 is 55.9 Å². The minimum atomic E-state index is -2.24. The number of hydrogen-bond donors (Lipinski definition) is 8. The summed E-state index contributed by atoms with van der Waals surface area (Å²) in [4.78, 5) is 91.8. The number of aliphatic hydroxyl groups excluding tert-OH is 4. The smallest absolute Gasteiger partial charge is 0.411 e. The first kappa shape index (κ1) is 88.1. The molecule has 109 heavy (non-hydrogen) atoms. The van der Waals surface area contributed by atoms with E-state index < -0.39 is 149 Å². The Kier molecular flexibility index (Phi) is 32.6.